The second kappa shape index (κ2) is 5.96. The van der Waals surface area contributed by atoms with Gasteiger partial charge >= 0.3 is 0 Å². The highest BCUT2D eigenvalue weighted by Crippen LogP contribution is 2.58. The minimum Gasteiger partial charge on any atom is -0.508 e. The van der Waals surface area contributed by atoms with Crippen molar-refractivity contribution in [2.24, 2.45) is 23.2 Å². The molecule has 4 unspecified atom stereocenters. The van der Waals surface area contributed by atoms with Crippen LogP contribution in [0.2, 0.25) is 0 Å². The van der Waals surface area contributed by atoms with E-state index < -0.39 is 0 Å². The summed E-state index contributed by atoms with van der Waals surface area (Å²) in [7, 11) is 0. The molecule has 0 heterocycles. The van der Waals surface area contributed by atoms with Gasteiger partial charge in [-0.05, 0) is 65.7 Å². The molecule has 0 bridgehead atoms. The van der Waals surface area contributed by atoms with Gasteiger partial charge in [0, 0.05) is 12.3 Å². The van der Waals surface area contributed by atoms with E-state index in [0.717, 1.165) is 19.3 Å². The van der Waals surface area contributed by atoms with Crippen molar-refractivity contribution in [1.29, 1.82) is 0 Å². The van der Waals surface area contributed by atoms with Crippen molar-refractivity contribution in [3.63, 3.8) is 0 Å². The van der Waals surface area contributed by atoms with Crippen LogP contribution in [-0.4, -0.2) is 10.9 Å². The average molecular weight is 314 g/mol. The Morgan fingerprint density at radius 3 is 2.78 bits per heavy atom. The lowest BCUT2D eigenvalue weighted by atomic mass is 9.50. The van der Waals surface area contributed by atoms with Crippen LogP contribution in [0.3, 0.4) is 0 Å². The van der Waals surface area contributed by atoms with Crippen molar-refractivity contribution in [2.45, 2.75) is 65.7 Å². The van der Waals surface area contributed by atoms with Crippen molar-refractivity contribution >= 4 is 5.78 Å². The normalized spacial score (nSPS) is 33.4. The number of carbonyl (C=O) groups is 1. The van der Waals surface area contributed by atoms with E-state index in [0.29, 0.717) is 35.7 Å². The van der Waals surface area contributed by atoms with Crippen LogP contribution < -0.4 is 0 Å². The molecule has 1 aromatic rings. The topological polar surface area (TPSA) is 37.3 Å². The van der Waals surface area contributed by atoms with Crippen LogP contribution in [0, 0.1) is 23.2 Å². The fourth-order valence-corrected chi connectivity index (χ4v) is 5.14. The Bertz CT molecular complexity index is 604. The SMILES string of the molecule is CC(C)CCC1C(C)C(=O)CC2c3ccc(O)cc3CCC21C. The molecule has 1 fully saturated rings. The minimum absolute atomic E-state index is 0.189. The van der Waals surface area contributed by atoms with E-state index in [9.17, 15) is 9.90 Å². The van der Waals surface area contributed by atoms with Gasteiger partial charge in [-0.25, -0.2) is 0 Å². The number of hydrogen-bond acceptors (Lipinski definition) is 2. The zero-order chi connectivity index (χ0) is 16.8. The molecule has 0 saturated heterocycles. The number of benzene rings is 1. The van der Waals surface area contributed by atoms with Crippen LogP contribution in [0.5, 0.6) is 5.75 Å². The average Bonchev–Trinajstić information content (AvgIpc) is 2.48. The summed E-state index contributed by atoms with van der Waals surface area (Å²) in [5.74, 6) is 2.47. The summed E-state index contributed by atoms with van der Waals surface area (Å²) in [6.07, 6.45) is 5.19. The number of aromatic hydroxyl groups is 1. The Morgan fingerprint density at radius 1 is 1.35 bits per heavy atom. The number of fused-ring (bicyclic) bond motifs is 3. The highest BCUT2D eigenvalue weighted by molar-refractivity contribution is 5.83. The maximum absolute atomic E-state index is 12.7. The highest BCUT2D eigenvalue weighted by Gasteiger charge is 2.52. The molecular weight excluding hydrogens is 284 g/mol. The zero-order valence-electron chi connectivity index (χ0n) is 14.9. The van der Waals surface area contributed by atoms with Crippen LogP contribution in [0.1, 0.15) is 70.4 Å². The number of Topliss-reactive ketones (excluding diaryl/α,β-unsaturated/α-hetero) is 1. The molecule has 23 heavy (non-hydrogen) atoms. The van der Waals surface area contributed by atoms with Crippen LogP contribution >= 0.6 is 0 Å². The quantitative estimate of drug-likeness (QED) is 0.843. The Hall–Kier alpha value is -1.31. The predicted octanol–water partition coefficient (Wildman–Crippen LogP) is 5.09. The van der Waals surface area contributed by atoms with E-state index in [1.54, 1.807) is 6.07 Å². The van der Waals surface area contributed by atoms with Crippen molar-refractivity contribution in [3.8, 4) is 5.75 Å². The van der Waals surface area contributed by atoms with Crippen LogP contribution in [0.4, 0.5) is 0 Å². The maximum atomic E-state index is 12.7. The lowest BCUT2D eigenvalue weighted by Crippen LogP contribution is -2.48. The monoisotopic (exact) mass is 314 g/mol. The van der Waals surface area contributed by atoms with Gasteiger partial charge in [0.1, 0.15) is 11.5 Å². The van der Waals surface area contributed by atoms with Crippen molar-refractivity contribution < 1.29 is 9.90 Å². The van der Waals surface area contributed by atoms with Gasteiger partial charge in [-0.15, -0.1) is 0 Å². The van der Waals surface area contributed by atoms with Gasteiger partial charge in [0.05, 0.1) is 0 Å². The Balaban J connectivity index is 1.98. The predicted molar refractivity (Wildman–Crippen MR) is 93.6 cm³/mol. The molecular formula is C21H30O2. The van der Waals surface area contributed by atoms with Crippen LogP contribution in [0.15, 0.2) is 18.2 Å². The zero-order valence-corrected chi connectivity index (χ0v) is 14.9. The van der Waals surface area contributed by atoms with Crippen molar-refractivity contribution in [3.05, 3.63) is 29.3 Å². The summed E-state index contributed by atoms with van der Waals surface area (Å²) in [5, 5.41) is 9.77. The Labute approximate surface area is 140 Å². The molecule has 2 heteroatoms. The summed E-state index contributed by atoms with van der Waals surface area (Å²) in [5.41, 5.74) is 2.77. The number of ketones is 1. The summed E-state index contributed by atoms with van der Waals surface area (Å²) in [6, 6.07) is 5.76. The molecule has 2 aliphatic carbocycles. The van der Waals surface area contributed by atoms with Gasteiger partial charge in [-0.1, -0.05) is 40.2 Å². The van der Waals surface area contributed by atoms with E-state index in [4.69, 9.17) is 0 Å². The summed E-state index contributed by atoms with van der Waals surface area (Å²) in [6.45, 7) is 9.12. The molecule has 0 radical (unpaired) electrons. The molecule has 1 saturated carbocycles. The number of hydrogen-bond donors (Lipinski definition) is 1. The molecule has 0 aliphatic heterocycles. The summed E-state index contributed by atoms with van der Waals surface area (Å²) >= 11 is 0. The number of phenolic OH excluding ortho intramolecular Hbond substituents is 1. The van der Waals surface area contributed by atoms with Crippen LogP contribution in [-0.2, 0) is 11.2 Å². The van der Waals surface area contributed by atoms with Gasteiger partial charge in [-0.2, -0.15) is 0 Å². The summed E-state index contributed by atoms with van der Waals surface area (Å²) < 4.78 is 0. The molecule has 1 aromatic carbocycles. The molecule has 3 rings (SSSR count). The largest absolute Gasteiger partial charge is 0.508 e. The molecule has 1 N–H and O–H groups in total. The van der Waals surface area contributed by atoms with Gasteiger partial charge in [0.2, 0.25) is 0 Å². The maximum Gasteiger partial charge on any atom is 0.136 e. The number of aryl methyl sites for hydroxylation is 1. The highest BCUT2D eigenvalue weighted by atomic mass is 16.3. The van der Waals surface area contributed by atoms with Gasteiger partial charge in [0.25, 0.3) is 0 Å². The van der Waals surface area contributed by atoms with E-state index in [-0.39, 0.29) is 11.3 Å². The Kier molecular flexibility index (Phi) is 4.29. The summed E-state index contributed by atoms with van der Waals surface area (Å²) in [4.78, 5) is 12.7. The smallest absolute Gasteiger partial charge is 0.136 e. The molecule has 0 spiro atoms. The Morgan fingerprint density at radius 2 is 2.09 bits per heavy atom. The van der Waals surface area contributed by atoms with E-state index >= 15 is 0 Å². The lowest BCUT2D eigenvalue weighted by Gasteiger charge is -2.53. The van der Waals surface area contributed by atoms with E-state index in [1.807, 2.05) is 6.07 Å². The molecule has 2 aliphatic rings. The molecule has 0 amide bonds. The third-order valence-corrected chi connectivity index (χ3v) is 6.65. The third kappa shape index (κ3) is 2.81. The second-order valence-corrected chi connectivity index (χ2v) is 8.48. The fourth-order valence-electron chi connectivity index (χ4n) is 5.14. The van der Waals surface area contributed by atoms with E-state index in [1.165, 1.54) is 17.5 Å². The second-order valence-electron chi connectivity index (χ2n) is 8.48. The van der Waals surface area contributed by atoms with Crippen molar-refractivity contribution in [2.75, 3.05) is 0 Å². The molecule has 0 aromatic heterocycles. The molecule has 126 valence electrons. The minimum atomic E-state index is 0.189. The number of rotatable bonds is 3. The third-order valence-electron chi connectivity index (χ3n) is 6.65. The number of phenols is 1. The van der Waals surface area contributed by atoms with Gasteiger partial charge in [0.15, 0.2) is 0 Å². The first kappa shape index (κ1) is 16.5. The van der Waals surface area contributed by atoms with E-state index in [2.05, 4.69) is 33.8 Å². The number of carbonyl (C=O) groups excluding carboxylic acids is 1. The molecule has 2 nitrogen and oxygen atoms in total. The van der Waals surface area contributed by atoms with Crippen LogP contribution in [0.25, 0.3) is 0 Å². The lowest BCUT2D eigenvalue weighted by molar-refractivity contribution is -0.133. The first-order valence-electron chi connectivity index (χ1n) is 9.17. The van der Waals surface area contributed by atoms with Crippen molar-refractivity contribution in [1.82, 2.24) is 0 Å². The first-order chi connectivity index (χ1) is 10.8. The van der Waals surface area contributed by atoms with Gasteiger partial charge < -0.3 is 5.11 Å². The first-order valence-corrected chi connectivity index (χ1v) is 9.17. The molecule has 4 atom stereocenters. The van der Waals surface area contributed by atoms with Gasteiger partial charge in [-0.3, -0.25) is 4.79 Å². The fraction of sp³-hybridized carbons (Fsp3) is 0.667. The standard InChI is InChI=1S/C21H30O2/c1-13(2)5-8-18-14(3)20(23)12-19-17-7-6-16(22)11-15(17)9-10-21(18,19)4/h6-7,11,13-14,18-19,22H,5,8-10,12H2,1-4H3.